The lowest BCUT2D eigenvalue weighted by atomic mass is 9.80. The van der Waals surface area contributed by atoms with Crippen molar-refractivity contribution in [1.82, 2.24) is 0 Å². The molecule has 0 fully saturated rings. The van der Waals surface area contributed by atoms with Crippen molar-refractivity contribution in [2.75, 3.05) is 0 Å². The van der Waals surface area contributed by atoms with Crippen LogP contribution in [0.25, 0.3) is 0 Å². The number of nitrogens with zero attached hydrogens (tertiary/aromatic N) is 1. The summed E-state index contributed by atoms with van der Waals surface area (Å²) in [6.45, 7) is 19.2. The van der Waals surface area contributed by atoms with E-state index in [2.05, 4.69) is 73.4 Å². The highest BCUT2D eigenvalue weighted by molar-refractivity contribution is 5.72. The number of aromatic hydroxyl groups is 1. The molecule has 0 amide bonds. The Labute approximate surface area is 130 Å². The summed E-state index contributed by atoms with van der Waals surface area (Å²) >= 11 is 0. The van der Waals surface area contributed by atoms with Crippen LogP contribution in [0.4, 0.5) is 5.69 Å². The number of phenolic OH excluding ortho intramolecular Hbond substituents is 1. The van der Waals surface area contributed by atoms with Gasteiger partial charge in [-0.3, -0.25) is 4.99 Å². The Morgan fingerprint density at radius 1 is 0.857 bits per heavy atom. The van der Waals surface area contributed by atoms with Gasteiger partial charge >= 0.3 is 0 Å². The minimum absolute atomic E-state index is 0.00786. The van der Waals surface area contributed by atoms with E-state index in [1.165, 1.54) is 5.56 Å². The predicted octanol–water partition coefficient (Wildman–Crippen LogP) is 5.74. The third-order valence-electron chi connectivity index (χ3n) is 3.35. The third-order valence-corrected chi connectivity index (χ3v) is 3.35. The molecule has 0 unspecified atom stereocenters. The molecule has 0 aromatic heterocycles. The minimum atomic E-state index is -0.114. The Hall–Kier alpha value is -1.31. The Kier molecular flexibility index (Phi) is 4.62. The van der Waals surface area contributed by atoms with E-state index in [0.717, 1.165) is 5.56 Å². The fourth-order valence-electron chi connectivity index (χ4n) is 1.99. The van der Waals surface area contributed by atoms with E-state index in [0.29, 0.717) is 11.4 Å². The first-order valence-electron chi connectivity index (χ1n) is 7.65. The van der Waals surface area contributed by atoms with Gasteiger partial charge < -0.3 is 5.11 Å². The van der Waals surface area contributed by atoms with E-state index >= 15 is 0 Å². The first-order valence-corrected chi connectivity index (χ1v) is 7.65. The number of benzene rings is 1. The molecule has 1 aromatic carbocycles. The van der Waals surface area contributed by atoms with E-state index in [9.17, 15) is 5.11 Å². The van der Waals surface area contributed by atoms with Crippen LogP contribution in [-0.2, 0) is 10.8 Å². The number of rotatable bonds is 1. The number of hydrogen-bond acceptors (Lipinski definition) is 2. The van der Waals surface area contributed by atoms with Gasteiger partial charge in [-0.2, -0.15) is 0 Å². The molecular weight excluding hydrogens is 258 g/mol. The fourth-order valence-corrected chi connectivity index (χ4v) is 1.99. The topological polar surface area (TPSA) is 32.6 Å². The molecule has 0 aliphatic carbocycles. The van der Waals surface area contributed by atoms with Gasteiger partial charge in [0.1, 0.15) is 11.4 Å². The van der Waals surface area contributed by atoms with Crippen molar-refractivity contribution < 1.29 is 5.11 Å². The Morgan fingerprint density at radius 3 is 1.76 bits per heavy atom. The highest BCUT2D eigenvalue weighted by Crippen LogP contribution is 2.41. The van der Waals surface area contributed by atoms with Crippen LogP contribution in [-0.4, -0.2) is 11.3 Å². The maximum atomic E-state index is 10.6. The summed E-state index contributed by atoms with van der Waals surface area (Å²) in [4.78, 5) is 4.55. The first-order chi connectivity index (χ1) is 9.22. The van der Waals surface area contributed by atoms with Gasteiger partial charge in [-0.1, -0.05) is 68.4 Å². The van der Waals surface area contributed by atoms with Crippen LogP contribution in [0.2, 0.25) is 0 Å². The van der Waals surface area contributed by atoms with Crippen molar-refractivity contribution in [3.05, 3.63) is 23.3 Å². The van der Waals surface area contributed by atoms with Gasteiger partial charge in [-0.25, -0.2) is 0 Å². The minimum Gasteiger partial charge on any atom is -0.505 e. The Balaban J connectivity index is 3.53. The van der Waals surface area contributed by atoms with Gasteiger partial charge in [0.05, 0.1) is 0 Å². The van der Waals surface area contributed by atoms with Gasteiger partial charge in [-0.15, -0.1) is 0 Å². The molecule has 2 nitrogen and oxygen atoms in total. The molecule has 0 heterocycles. The Bertz CT molecular complexity index is 534. The molecule has 118 valence electrons. The predicted molar refractivity (Wildman–Crippen MR) is 93.1 cm³/mol. The van der Waals surface area contributed by atoms with Gasteiger partial charge in [0.25, 0.3) is 0 Å². The molecule has 0 atom stereocenters. The molecule has 1 N–H and O–H groups in total. The standard InChI is InChI=1S/C19H31NO/c1-17(2,3)12-20-15-11-13(18(4,5)6)10-14(16(15)21)19(7,8)9/h10-12,21H,1-9H3. The second-order valence-corrected chi connectivity index (χ2v) is 9.02. The van der Waals surface area contributed by atoms with Crippen molar-refractivity contribution in [3.8, 4) is 5.75 Å². The summed E-state index contributed by atoms with van der Waals surface area (Å²) in [5.74, 6) is 0.302. The van der Waals surface area contributed by atoms with Crippen LogP contribution in [0.1, 0.15) is 73.4 Å². The van der Waals surface area contributed by atoms with Crippen molar-refractivity contribution in [3.63, 3.8) is 0 Å². The fraction of sp³-hybridized carbons (Fsp3) is 0.632. The highest BCUT2D eigenvalue weighted by atomic mass is 16.3. The molecule has 21 heavy (non-hydrogen) atoms. The van der Waals surface area contributed by atoms with E-state index in [1.807, 2.05) is 12.3 Å². The molecule has 0 aliphatic heterocycles. The summed E-state index contributed by atoms with van der Waals surface area (Å²) in [6.07, 6.45) is 1.90. The molecule has 1 rings (SSSR count). The molecular formula is C19H31NO. The monoisotopic (exact) mass is 289 g/mol. The molecule has 1 aromatic rings. The van der Waals surface area contributed by atoms with E-state index in [1.54, 1.807) is 0 Å². The van der Waals surface area contributed by atoms with E-state index < -0.39 is 0 Å². The molecule has 0 saturated carbocycles. The van der Waals surface area contributed by atoms with Crippen LogP contribution in [0.15, 0.2) is 17.1 Å². The first kappa shape index (κ1) is 17.7. The average molecular weight is 289 g/mol. The van der Waals surface area contributed by atoms with Gasteiger partial charge in [-0.05, 0) is 27.9 Å². The number of phenols is 1. The Morgan fingerprint density at radius 2 is 1.38 bits per heavy atom. The van der Waals surface area contributed by atoms with Crippen LogP contribution in [0.3, 0.4) is 0 Å². The molecule has 0 aliphatic rings. The summed E-state index contributed by atoms with van der Waals surface area (Å²) in [7, 11) is 0. The summed E-state index contributed by atoms with van der Waals surface area (Å²) in [6, 6.07) is 4.12. The maximum absolute atomic E-state index is 10.6. The summed E-state index contributed by atoms with van der Waals surface area (Å²) < 4.78 is 0. The number of hydrogen-bond donors (Lipinski definition) is 1. The lowest BCUT2D eigenvalue weighted by Gasteiger charge is -2.26. The lowest BCUT2D eigenvalue weighted by molar-refractivity contribution is 0.446. The molecule has 0 radical (unpaired) electrons. The van der Waals surface area contributed by atoms with Crippen molar-refractivity contribution in [1.29, 1.82) is 0 Å². The zero-order valence-corrected chi connectivity index (χ0v) is 15.1. The maximum Gasteiger partial charge on any atom is 0.144 e. The van der Waals surface area contributed by atoms with Gasteiger partial charge in [0, 0.05) is 11.8 Å². The molecule has 2 heteroatoms. The highest BCUT2D eigenvalue weighted by Gasteiger charge is 2.24. The summed E-state index contributed by atoms with van der Waals surface area (Å²) in [5, 5.41) is 10.6. The van der Waals surface area contributed by atoms with E-state index in [-0.39, 0.29) is 16.2 Å². The largest absolute Gasteiger partial charge is 0.505 e. The summed E-state index contributed by atoms with van der Waals surface area (Å²) in [5.41, 5.74) is 2.73. The second kappa shape index (κ2) is 5.47. The van der Waals surface area contributed by atoms with Crippen LogP contribution in [0, 0.1) is 5.41 Å². The quantitative estimate of drug-likeness (QED) is 0.657. The smallest absolute Gasteiger partial charge is 0.144 e. The molecule has 0 bridgehead atoms. The zero-order valence-electron chi connectivity index (χ0n) is 15.1. The molecule has 0 saturated heterocycles. The third kappa shape index (κ3) is 4.87. The normalized spacial score (nSPS) is 14.0. The molecule has 0 spiro atoms. The van der Waals surface area contributed by atoms with Crippen LogP contribution >= 0.6 is 0 Å². The zero-order chi connectivity index (χ0) is 16.6. The second-order valence-electron chi connectivity index (χ2n) is 9.02. The van der Waals surface area contributed by atoms with Crippen LogP contribution < -0.4 is 0 Å². The van der Waals surface area contributed by atoms with Gasteiger partial charge in [0.2, 0.25) is 0 Å². The van der Waals surface area contributed by atoms with Crippen LogP contribution in [0.5, 0.6) is 5.75 Å². The average Bonchev–Trinajstić information content (AvgIpc) is 2.23. The van der Waals surface area contributed by atoms with Gasteiger partial charge in [0.15, 0.2) is 0 Å². The SMILES string of the molecule is CC(C)(C)C=Nc1cc(C(C)(C)C)cc(C(C)(C)C)c1O. The van der Waals surface area contributed by atoms with Crippen molar-refractivity contribution in [2.24, 2.45) is 10.4 Å². The van der Waals surface area contributed by atoms with E-state index in [4.69, 9.17) is 0 Å². The van der Waals surface area contributed by atoms with Crippen molar-refractivity contribution >= 4 is 11.9 Å². The number of aliphatic imine (C=N–C) groups is 1. The lowest BCUT2D eigenvalue weighted by Crippen LogP contribution is -2.16. The van der Waals surface area contributed by atoms with Crippen molar-refractivity contribution in [2.45, 2.75) is 73.1 Å².